The summed E-state index contributed by atoms with van der Waals surface area (Å²) in [6.07, 6.45) is 1.45. The maximum atomic E-state index is 9.24. The summed E-state index contributed by atoms with van der Waals surface area (Å²) in [4.78, 5) is 0. The molecular weight excluding hydrogens is 240 g/mol. The summed E-state index contributed by atoms with van der Waals surface area (Å²) in [6, 6.07) is 8.04. The van der Waals surface area contributed by atoms with Crippen molar-refractivity contribution in [2.75, 3.05) is 19.8 Å². The molecule has 0 aliphatic heterocycles. The maximum absolute atomic E-state index is 9.24. The van der Waals surface area contributed by atoms with Crippen molar-refractivity contribution in [2.45, 2.75) is 39.7 Å². The van der Waals surface area contributed by atoms with Crippen LogP contribution in [0.4, 0.5) is 0 Å². The standard InChI is InChI=1S/C16H26O3/c1-13(2)12-18-10-11-19-16-8-6-15(7-9-16)5-4-14(3)17/h6-9,13-14,17H,4-5,10-12H2,1-3H3. The van der Waals surface area contributed by atoms with Gasteiger partial charge in [-0.1, -0.05) is 26.0 Å². The van der Waals surface area contributed by atoms with Gasteiger partial charge in [-0.25, -0.2) is 0 Å². The normalized spacial score (nSPS) is 12.7. The summed E-state index contributed by atoms with van der Waals surface area (Å²) in [5.41, 5.74) is 1.23. The maximum Gasteiger partial charge on any atom is 0.119 e. The van der Waals surface area contributed by atoms with E-state index in [2.05, 4.69) is 13.8 Å². The number of ether oxygens (including phenoxy) is 2. The van der Waals surface area contributed by atoms with Crippen LogP contribution in [-0.4, -0.2) is 31.0 Å². The lowest BCUT2D eigenvalue weighted by molar-refractivity contribution is 0.0819. The molecule has 1 unspecified atom stereocenters. The zero-order chi connectivity index (χ0) is 14.1. The fourth-order valence-corrected chi connectivity index (χ4v) is 1.67. The highest BCUT2D eigenvalue weighted by Gasteiger charge is 1.99. The van der Waals surface area contributed by atoms with E-state index in [4.69, 9.17) is 9.47 Å². The monoisotopic (exact) mass is 266 g/mol. The first-order valence-electron chi connectivity index (χ1n) is 7.05. The van der Waals surface area contributed by atoms with E-state index in [0.29, 0.717) is 19.1 Å². The van der Waals surface area contributed by atoms with Crippen LogP contribution in [-0.2, 0) is 11.2 Å². The first-order chi connectivity index (χ1) is 9.08. The second kappa shape index (κ2) is 8.94. The summed E-state index contributed by atoms with van der Waals surface area (Å²) < 4.78 is 11.0. The van der Waals surface area contributed by atoms with Crippen LogP contribution in [0.2, 0.25) is 0 Å². The minimum Gasteiger partial charge on any atom is -0.491 e. The molecule has 0 aliphatic rings. The first-order valence-corrected chi connectivity index (χ1v) is 7.05. The molecule has 0 aliphatic carbocycles. The average molecular weight is 266 g/mol. The Labute approximate surface area is 116 Å². The number of hydrogen-bond acceptors (Lipinski definition) is 3. The summed E-state index contributed by atoms with van der Waals surface area (Å²) in [5.74, 6) is 1.43. The molecule has 0 fully saturated rings. The number of aliphatic hydroxyl groups is 1. The van der Waals surface area contributed by atoms with Gasteiger partial charge in [0.15, 0.2) is 0 Å². The first kappa shape index (κ1) is 16.0. The quantitative estimate of drug-likeness (QED) is 0.698. The van der Waals surface area contributed by atoms with Crippen LogP contribution >= 0.6 is 0 Å². The molecule has 0 amide bonds. The van der Waals surface area contributed by atoms with Gasteiger partial charge in [0.05, 0.1) is 12.7 Å². The highest BCUT2D eigenvalue weighted by Crippen LogP contribution is 2.14. The molecule has 0 bridgehead atoms. The molecule has 0 saturated heterocycles. The predicted molar refractivity (Wildman–Crippen MR) is 77.6 cm³/mol. The third kappa shape index (κ3) is 7.85. The van der Waals surface area contributed by atoms with Crippen LogP contribution in [0.25, 0.3) is 0 Å². The highest BCUT2D eigenvalue weighted by atomic mass is 16.5. The predicted octanol–water partition coefficient (Wildman–Crippen LogP) is 3.05. The Bertz CT molecular complexity index is 330. The van der Waals surface area contributed by atoms with Crippen LogP contribution in [0.1, 0.15) is 32.8 Å². The fraction of sp³-hybridized carbons (Fsp3) is 0.625. The van der Waals surface area contributed by atoms with Crippen molar-refractivity contribution >= 4 is 0 Å². The lowest BCUT2D eigenvalue weighted by atomic mass is 10.1. The minimum atomic E-state index is -0.242. The van der Waals surface area contributed by atoms with Crippen molar-refractivity contribution in [3.63, 3.8) is 0 Å². The van der Waals surface area contributed by atoms with Crippen LogP contribution in [0.15, 0.2) is 24.3 Å². The zero-order valence-electron chi connectivity index (χ0n) is 12.3. The van der Waals surface area contributed by atoms with Crippen molar-refractivity contribution in [1.29, 1.82) is 0 Å². The molecule has 3 heteroatoms. The molecule has 19 heavy (non-hydrogen) atoms. The third-order valence-corrected chi connectivity index (χ3v) is 2.72. The lowest BCUT2D eigenvalue weighted by Crippen LogP contribution is -2.10. The van der Waals surface area contributed by atoms with E-state index in [-0.39, 0.29) is 6.10 Å². The van der Waals surface area contributed by atoms with E-state index < -0.39 is 0 Å². The van der Waals surface area contributed by atoms with Gasteiger partial charge in [0, 0.05) is 6.61 Å². The van der Waals surface area contributed by atoms with Gasteiger partial charge in [-0.15, -0.1) is 0 Å². The number of hydrogen-bond donors (Lipinski definition) is 1. The van der Waals surface area contributed by atoms with Gasteiger partial charge in [-0.05, 0) is 43.4 Å². The number of aliphatic hydroxyl groups excluding tert-OH is 1. The molecule has 1 aromatic rings. The van der Waals surface area contributed by atoms with Gasteiger partial charge < -0.3 is 14.6 Å². The molecule has 3 nitrogen and oxygen atoms in total. The number of benzene rings is 1. The van der Waals surface area contributed by atoms with Gasteiger partial charge in [0.1, 0.15) is 12.4 Å². The minimum absolute atomic E-state index is 0.242. The van der Waals surface area contributed by atoms with Crippen molar-refractivity contribution in [3.05, 3.63) is 29.8 Å². The highest BCUT2D eigenvalue weighted by molar-refractivity contribution is 5.27. The van der Waals surface area contributed by atoms with Crippen LogP contribution in [0.5, 0.6) is 5.75 Å². The van der Waals surface area contributed by atoms with E-state index in [1.165, 1.54) is 5.56 Å². The van der Waals surface area contributed by atoms with Crippen LogP contribution in [0, 0.1) is 5.92 Å². The molecule has 0 aromatic heterocycles. The summed E-state index contributed by atoms with van der Waals surface area (Å²) >= 11 is 0. The SMILES string of the molecule is CC(C)COCCOc1ccc(CCC(C)O)cc1. The topological polar surface area (TPSA) is 38.7 Å². The summed E-state index contributed by atoms with van der Waals surface area (Å²) in [5, 5.41) is 9.24. The molecule has 0 radical (unpaired) electrons. The molecule has 0 saturated carbocycles. The molecule has 0 spiro atoms. The Kier molecular flexibility index (Phi) is 7.53. The van der Waals surface area contributed by atoms with Gasteiger partial charge in [-0.2, -0.15) is 0 Å². The van der Waals surface area contributed by atoms with Gasteiger partial charge in [-0.3, -0.25) is 0 Å². The number of aryl methyl sites for hydroxylation is 1. The van der Waals surface area contributed by atoms with Crippen molar-refractivity contribution < 1.29 is 14.6 Å². The summed E-state index contributed by atoms with van der Waals surface area (Å²) in [7, 11) is 0. The largest absolute Gasteiger partial charge is 0.491 e. The Hall–Kier alpha value is -1.06. The van der Waals surface area contributed by atoms with E-state index in [1.807, 2.05) is 31.2 Å². The number of rotatable bonds is 9. The van der Waals surface area contributed by atoms with Crippen LogP contribution in [0.3, 0.4) is 0 Å². The zero-order valence-corrected chi connectivity index (χ0v) is 12.3. The smallest absolute Gasteiger partial charge is 0.119 e. The van der Waals surface area contributed by atoms with Gasteiger partial charge >= 0.3 is 0 Å². The second-order valence-electron chi connectivity index (χ2n) is 5.35. The molecule has 1 N–H and O–H groups in total. The van der Waals surface area contributed by atoms with Crippen molar-refractivity contribution in [2.24, 2.45) is 5.92 Å². The molecule has 1 aromatic carbocycles. The lowest BCUT2D eigenvalue weighted by Gasteiger charge is -2.09. The molecule has 108 valence electrons. The summed E-state index contributed by atoms with van der Waals surface area (Å²) in [6.45, 7) is 8.07. The van der Waals surface area contributed by atoms with Crippen molar-refractivity contribution in [3.8, 4) is 5.75 Å². The Balaban J connectivity index is 2.20. The second-order valence-corrected chi connectivity index (χ2v) is 5.35. The van der Waals surface area contributed by atoms with E-state index in [1.54, 1.807) is 0 Å². The Morgan fingerprint density at radius 2 is 1.74 bits per heavy atom. The van der Waals surface area contributed by atoms with Gasteiger partial charge in [0.2, 0.25) is 0 Å². The molecule has 1 rings (SSSR count). The van der Waals surface area contributed by atoms with E-state index in [0.717, 1.165) is 25.2 Å². The van der Waals surface area contributed by atoms with E-state index in [9.17, 15) is 5.11 Å². The molecule has 0 heterocycles. The van der Waals surface area contributed by atoms with Crippen molar-refractivity contribution in [1.82, 2.24) is 0 Å². The van der Waals surface area contributed by atoms with E-state index >= 15 is 0 Å². The Morgan fingerprint density at radius 3 is 2.32 bits per heavy atom. The Morgan fingerprint density at radius 1 is 1.05 bits per heavy atom. The van der Waals surface area contributed by atoms with Gasteiger partial charge in [0.25, 0.3) is 0 Å². The average Bonchev–Trinajstić information content (AvgIpc) is 2.37. The van der Waals surface area contributed by atoms with Crippen LogP contribution < -0.4 is 4.74 Å². The molecular formula is C16H26O3. The fourth-order valence-electron chi connectivity index (χ4n) is 1.67. The third-order valence-electron chi connectivity index (χ3n) is 2.72. The molecule has 1 atom stereocenters.